The normalized spacial score (nSPS) is 10.9. The van der Waals surface area contributed by atoms with E-state index in [4.69, 9.17) is 46.4 Å². The lowest BCUT2D eigenvalue weighted by Gasteiger charge is -2.05. The molecule has 0 aliphatic carbocycles. The number of hydrogen-bond donors (Lipinski definition) is 0. The summed E-state index contributed by atoms with van der Waals surface area (Å²) in [7, 11) is 0. The van der Waals surface area contributed by atoms with E-state index in [0.717, 1.165) is 10.8 Å². The van der Waals surface area contributed by atoms with Crippen LogP contribution in [0.5, 0.6) is 0 Å². The first kappa shape index (κ1) is 10.4. The molecule has 0 aromatic heterocycles. The Labute approximate surface area is 101 Å². The minimum atomic E-state index is 0.464. The molecule has 2 aromatic rings. The van der Waals surface area contributed by atoms with Crippen molar-refractivity contribution in [2.45, 2.75) is 0 Å². The first-order valence-corrected chi connectivity index (χ1v) is 5.33. The van der Waals surface area contributed by atoms with Crippen LogP contribution in [-0.4, -0.2) is 0 Å². The lowest BCUT2D eigenvalue weighted by atomic mass is 10.1. The Balaban J connectivity index is 2.95. The summed E-state index contributed by atoms with van der Waals surface area (Å²) in [5, 5.41) is 3.68. The standard InChI is InChI=1S/C10H4Cl4/c11-6-3-5-1-2-7(12)10(14)9(5)8(13)4-6/h1-4H. The average Bonchev–Trinajstić information content (AvgIpc) is 2.10. The smallest absolute Gasteiger partial charge is 0.0685 e. The molecule has 2 rings (SSSR count). The fraction of sp³-hybridized carbons (Fsp3) is 0. The molecule has 2 aromatic carbocycles. The van der Waals surface area contributed by atoms with Crippen molar-refractivity contribution in [3.05, 3.63) is 44.4 Å². The summed E-state index contributed by atoms with van der Waals surface area (Å²) in [5.74, 6) is 0. The van der Waals surface area contributed by atoms with Crippen molar-refractivity contribution >= 4 is 57.2 Å². The molecule has 0 unspecified atom stereocenters. The van der Waals surface area contributed by atoms with Gasteiger partial charge in [0.25, 0.3) is 0 Å². The molecule has 0 aliphatic heterocycles. The zero-order valence-corrected chi connectivity index (χ0v) is 9.84. The van der Waals surface area contributed by atoms with E-state index in [1.54, 1.807) is 18.2 Å². The largest absolute Gasteiger partial charge is 0.0843 e. The van der Waals surface area contributed by atoms with E-state index in [1.807, 2.05) is 6.07 Å². The molecular formula is C10H4Cl4. The van der Waals surface area contributed by atoms with Gasteiger partial charge in [0.05, 0.1) is 15.1 Å². The van der Waals surface area contributed by atoms with Gasteiger partial charge in [-0.05, 0) is 23.6 Å². The Kier molecular flexibility index (Phi) is 2.81. The van der Waals surface area contributed by atoms with Crippen molar-refractivity contribution in [1.82, 2.24) is 0 Å². The quantitative estimate of drug-likeness (QED) is 0.594. The molecule has 0 radical (unpaired) electrons. The van der Waals surface area contributed by atoms with E-state index < -0.39 is 0 Å². The molecule has 0 saturated heterocycles. The van der Waals surface area contributed by atoms with E-state index in [0.29, 0.717) is 20.1 Å². The van der Waals surface area contributed by atoms with E-state index in [1.165, 1.54) is 0 Å². The van der Waals surface area contributed by atoms with E-state index in [2.05, 4.69) is 0 Å². The van der Waals surface area contributed by atoms with Crippen LogP contribution in [0.1, 0.15) is 0 Å². The highest BCUT2D eigenvalue weighted by Gasteiger charge is 2.08. The molecule has 0 atom stereocenters. The predicted octanol–water partition coefficient (Wildman–Crippen LogP) is 5.45. The van der Waals surface area contributed by atoms with Gasteiger partial charge in [-0.2, -0.15) is 0 Å². The summed E-state index contributed by atoms with van der Waals surface area (Å²) >= 11 is 23.8. The van der Waals surface area contributed by atoms with Gasteiger partial charge in [-0.1, -0.05) is 52.5 Å². The van der Waals surface area contributed by atoms with E-state index in [9.17, 15) is 0 Å². The van der Waals surface area contributed by atoms with Gasteiger partial charge in [-0.25, -0.2) is 0 Å². The number of hydrogen-bond acceptors (Lipinski definition) is 0. The maximum atomic E-state index is 6.02. The molecule has 0 bridgehead atoms. The van der Waals surface area contributed by atoms with Crippen molar-refractivity contribution in [3.63, 3.8) is 0 Å². The second-order valence-electron chi connectivity index (χ2n) is 2.85. The first-order valence-electron chi connectivity index (χ1n) is 3.82. The molecule has 0 nitrogen and oxygen atoms in total. The lowest BCUT2D eigenvalue weighted by molar-refractivity contribution is 1.74. The maximum absolute atomic E-state index is 6.02. The molecule has 4 heteroatoms. The van der Waals surface area contributed by atoms with Crippen molar-refractivity contribution in [2.75, 3.05) is 0 Å². The van der Waals surface area contributed by atoms with Crippen molar-refractivity contribution in [3.8, 4) is 0 Å². The summed E-state index contributed by atoms with van der Waals surface area (Å²) in [6.45, 7) is 0. The molecule has 72 valence electrons. The zero-order valence-electron chi connectivity index (χ0n) is 6.82. The minimum Gasteiger partial charge on any atom is -0.0843 e. The highest BCUT2D eigenvalue weighted by atomic mass is 35.5. The highest BCUT2D eigenvalue weighted by Crippen LogP contribution is 2.36. The summed E-state index contributed by atoms with van der Waals surface area (Å²) in [6.07, 6.45) is 0. The molecule has 0 heterocycles. The third-order valence-electron chi connectivity index (χ3n) is 1.92. The molecule has 0 N–H and O–H groups in total. The number of benzene rings is 2. The maximum Gasteiger partial charge on any atom is 0.0685 e. The monoisotopic (exact) mass is 264 g/mol. The molecule has 0 amide bonds. The summed E-state index contributed by atoms with van der Waals surface area (Å²) in [6, 6.07) is 7.00. The molecule has 0 aliphatic rings. The number of rotatable bonds is 0. The van der Waals surface area contributed by atoms with Crippen LogP contribution >= 0.6 is 46.4 Å². The van der Waals surface area contributed by atoms with Gasteiger partial charge in [0.15, 0.2) is 0 Å². The van der Waals surface area contributed by atoms with Gasteiger partial charge >= 0.3 is 0 Å². The van der Waals surface area contributed by atoms with E-state index in [-0.39, 0.29) is 0 Å². The highest BCUT2D eigenvalue weighted by molar-refractivity contribution is 6.48. The van der Waals surface area contributed by atoms with Crippen LogP contribution in [-0.2, 0) is 0 Å². The zero-order chi connectivity index (χ0) is 10.3. The number of fused-ring (bicyclic) bond motifs is 1. The van der Waals surface area contributed by atoms with Gasteiger partial charge in [-0.3, -0.25) is 0 Å². The Hall–Kier alpha value is -0.140. The lowest BCUT2D eigenvalue weighted by Crippen LogP contribution is -1.78. The average molecular weight is 266 g/mol. The fourth-order valence-corrected chi connectivity index (χ4v) is 2.40. The first-order chi connectivity index (χ1) is 6.59. The van der Waals surface area contributed by atoms with Gasteiger partial charge in [0.2, 0.25) is 0 Å². The van der Waals surface area contributed by atoms with E-state index >= 15 is 0 Å². The van der Waals surface area contributed by atoms with Gasteiger partial charge in [0.1, 0.15) is 0 Å². The minimum absolute atomic E-state index is 0.464. The SMILES string of the molecule is Clc1cc(Cl)c2c(Cl)c(Cl)ccc2c1. The second-order valence-corrected chi connectivity index (χ2v) is 4.48. The second kappa shape index (κ2) is 3.79. The van der Waals surface area contributed by atoms with Crippen molar-refractivity contribution in [1.29, 1.82) is 0 Å². The van der Waals surface area contributed by atoms with Crippen LogP contribution in [0.25, 0.3) is 10.8 Å². The third kappa shape index (κ3) is 1.68. The fourth-order valence-electron chi connectivity index (χ4n) is 1.31. The Bertz CT molecular complexity index is 505. The Morgan fingerprint density at radius 2 is 1.50 bits per heavy atom. The van der Waals surface area contributed by atoms with Crippen LogP contribution in [0, 0.1) is 0 Å². The molecular weight excluding hydrogens is 262 g/mol. The summed E-state index contributed by atoms with van der Waals surface area (Å²) in [4.78, 5) is 0. The van der Waals surface area contributed by atoms with Crippen molar-refractivity contribution < 1.29 is 0 Å². The van der Waals surface area contributed by atoms with Crippen LogP contribution in [0.4, 0.5) is 0 Å². The Morgan fingerprint density at radius 3 is 2.21 bits per heavy atom. The summed E-state index contributed by atoms with van der Waals surface area (Å²) in [5.41, 5.74) is 0. The number of halogens is 4. The molecule has 0 fully saturated rings. The van der Waals surface area contributed by atoms with Crippen LogP contribution in [0.15, 0.2) is 24.3 Å². The molecule has 14 heavy (non-hydrogen) atoms. The van der Waals surface area contributed by atoms with Gasteiger partial charge < -0.3 is 0 Å². The van der Waals surface area contributed by atoms with Crippen molar-refractivity contribution in [2.24, 2.45) is 0 Å². The van der Waals surface area contributed by atoms with Crippen LogP contribution < -0.4 is 0 Å². The predicted molar refractivity (Wildman–Crippen MR) is 64.0 cm³/mol. The molecule has 0 saturated carbocycles. The topological polar surface area (TPSA) is 0 Å². The third-order valence-corrected chi connectivity index (χ3v) is 3.24. The molecule has 0 spiro atoms. The Morgan fingerprint density at radius 1 is 0.786 bits per heavy atom. The van der Waals surface area contributed by atoms with Crippen LogP contribution in [0.3, 0.4) is 0 Å². The van der Waals surface area contributed by atoms with Gasteiger partial charge in [0, 0.05) is 10.4 Å². The summed E-state index contributed by atoms with van der Waals surface area (Å²) < 4.78 is 0. The van der Waals surface area contributed by atoms with Gasteiger partial charge in [-0.15, -0.1) is 0 Å². The van der Waals surface area contributed by atoms with Crippen LogP contribution in [0.2, 0.25) is 20.1 Å².